The average molecular weight is 250 g/mol. The Labute approximate surface area is 113 Å². The van der Waals surface area contributed by atoms with Crippen LogP contribution in [0.1, 0.15) is 19.0 Å². The molecule has 0 saturated heterocycles. The van der Waals surface area contributed by atoms with E-state index in [-0.39, 0.29) is 0 Å². The number of hydrogen-bond donors (Lipinski definition) is 1. The van der Waals surface area contributed by atoms with Crippen molar-refractivity contribution >= 4 is 27.4 Å². The van der Waals surface area contributed by atoms with Crippen LogP contribution in [0.15, 0.2) is 42.5 Å². The van der Waals surface area contributed by atoms with Crippen LogP contribution in [0.4, 0.5) is 5.69 Å². The second-order valence-corrected chi connectivity index (χ2v) is 4.92. The summed E-state index contributed by atoms with van der Waals surface area (Å²) in [7, 11) is 0. The summed E-state index contributed by atoms with van der Waals surface area (Å²) >= 11 is 0. The van der Waals surface area contributed by atoms with Crippen molar-refractivity contribution in [2.24, 2.45) is 0 Å². The SMILES string of the molecule is CCCNc1cc(C)nc2c1ccc1ccccc12. The van der Waals surface area contributed by atoms with Crippen LogP contribution in [0.5, 0.6) is 0 Å². The summed E-state index contributed by atoms with van der Waals surface area (Å²) in [5.41, 5.74) is 3.34. The van der Waals surface area contributed by atoms with E-state index in [1.165, 1.54) is 21.8 Å². The van der Waals surface area contributed by atoms with Gasteiger partial charge in [0, 0.05) is 28.7 Å². The maximum absolute atomic E-state index is 4.73. The molecule has 0 amide bonds. The van der Waals surface area contributed by atoms with Gasteiger partial charge < -0.3 is 5.32 Å². The van der Waals surface area contributed by atoms with Gasteiger partial charge in [0.2, 0.25) is 0 Å². The van der Waals surface area contributed by atoms with Crippen molar-refractivity contribution in [3.63, 3.8) is 0 Å². The monoisotopic (exact) mass is 250 g/mol. The van der Waals surface area contributed by atoms with E-state index in [0.29, 0.717) is 0 Å². The number of benzene rings is 2. The van der Waals surface area contributed by atoms with Gasteiger partial charge in [-0.15, -0.1) is 0 Å². The fourth-order valence-electron chi connectivity index (χ4n) is 2.49. The number of fused-ring (bicyclic) bond motifs is 3. The standard InChI is InChI=1S/C17H18N2/c1-3-10-18-16-11-12(2)19-17-14-7-5-4-6-13(14)8-9-15(16)17/h4-9,11H,3,10H2,1-2H3,(H,18,19). The molecule has 0 spiro atoms. The van der Waals surface area contributed by atoms with Crippen molar-refractivity contribution in [3.05, 3.63) is 48.2 Å². The third-order valence-electron chi connectivity index (χ3n) is 3.40. The lowest BCUT2D eigenvalue weighted by atomic mass is 10.0. The Morgan fingerprint density at radius 2 is 1.89 bits per heavy atom. The molecular weight excluding hydrogens is 232 g/mol. The lowest BCUT2D eigenvalue weighted by Gasteiger charge is -2.11. The Morgan fingerprint density at radius 3 is 2.74 bits per heavy atom. The molecule has 1 N–H and O–H groups in total. The van der Waals surface area contributed by atoms with E-state index in [2.05, 4.69) is 61.6 Å². The first-order chi connectivity index (χ1) is 9.29. The Kier molecular flexibility index (Phi) is 3.08. The van der Waals surface area contributed by atoms with Crippen LogP contribution >= 0.6 is 0 Å². The van der Waals surface area contributed by atoms with Gasteiger partial charge in [-0.2, -0.15) is 0 Å². The molecule has 2 nitrogen and oxygen atoms in total. The molecule has 1 aromatic heterocycles. The van der Waals surface area contributed by atoms with E-state index in [1.807, 2.05) is 0 Å². The molecule has 0 bridgehead atoms. The predicted molar refractivity (Wildman–Crippen MR) is 82.8 cm³/mol. The lowest BCUT2D eigenvalue weighted by Crippen LogP contribution is -2.01. The molecule has 0 atom stereocenters. The zero-order valence-electron chi connectivity index (χ0n) is 11.4. The second-order valence-electron chi connectivity index (χ2n) is 4.92. The summed E-state index contributed by atoms with van der Waals surface area (Å²) in [5.74, 6) is 0. The van der Waals surface area contributed by atoms with Gasteiger partial charge in [0.15, 0.2) is 0 Å². The highest BCUT2D eigenvalue weighted by atomic mass is 14.9. The highest BCUT2D eigenvalue weighted by Crippen LogP contribution is 2.29. The zero-order chi connectivity index (χ0) is 13.2. The van der Waals surface area contributed by atoms with Crippen molar-refractivity contribution in [1.29, 1.82) is 0 Å². The molecule has 3 rings (SSSR count). The van der Waals surface area contributed by atoms with Gasteiger partial charge in [-0.25, -0.2) is 0 Å². The van der Waals surface area contributed by atoms with E-state index >= 15 is 0 Å². The fourth-order valence-corrected chi connectivity index (χ4v) is 2.49. The Bertz CT molecular complexity index is 732. The first-order valence-electron chi connectivity index (χ1n) is 6.82. The molecule has 0 unspecified atom stereocenters. The normalized spacial score (nSPS) is 11.1. The summed E-state index contributed by atoms with van der Waals surface area (Å²) in [5, 5.41) is 7.18. The van der Waals surface area contributed by atoms with Crippen LogP contribution in [0, 0.1) is 6.92 Å². The summed E-state index contributed by atoms with van der Waals surface area (Å²) < 4.78 is 0. The molecule has 3 aromatic rings. The van der Waals surface area contributed by atoms with Gasteiger partial charge in [0.1, 0.15) is 0 Å². The van der Waals surface area contributed by atoms with Crippen molar-refractivity contribution in [3.8, 4) is 0 Å². The minimum atomic E-state index is 0.991. The highest BCUT2D eigenvalue weighted by molar-refractivity contribution is 6.09. The molecule has 0 aliphatic carbocycles. The van der Waals surface area contributed by atoms with Gasteiger partial charge in [0.25, 0.3) is 0 Å². The Hall–Kier alpha value is -2.09. The second kappa shape index (κ2) is 4.88. The van der Waals surface area contributed by atoms with Gasteiger partial charge in [-0.1, -0.05) is 43.3 Å². The molecule has 0 saturated carbocycles. The third kappa shape index (κ3) is 2.14. The minimum Gasteiger partial charge on any atom is -0.384 e. The maximum Gasteiger partial charge on any atom is 0.0804 e. The third-order valence-corrected chi connectivity index (χ3v) is 3.40. The van der Waals surface area contributed by atoms with Gasteiger partial charge >= 0.3 is 0 Å². The molecule has 2 aromatic carbocycles. The molecule has 2 heteroatoms. The van der Waals surface area contributed by atoms with E-state index in [9.17, 15) is 0 Å². The summed E-state index contributed by atoms with van der Waals surface area (Å²) in [4.78, 5) is 4.73. The van der Waals surface area contributed by atoms with E-state index in [1.54, 1.807) is 0 Å². The number of nitrogens with one attached hydrogen (secondary N) is 1. The molecule has 0 fully saturated rings. The van der Waals surface area contributed by atoms with Crippen LogP contribution in [0.3, 0.4) is 0 Å². The van der Waals surface area contributed by atoms with Crippen LogP contribution in [-0.4, -0.2) is 11.5 Å². The molecule has 0 aliphatic rings. The average Bonchev–Trinajstić information content (AvgIpc) is 2.44. The Morgan fingerprint density at radius 1 is 1.05 bits per heavy atom. The topological polar surface area (TPSA) is 24.9 Å². The van der Waals surface area contributed by atoms with Crippen LogP contribution in [0.2, 0.25) is 0 Å². The van der Waals surface area contributed by atoms with Crippen LogP contribution in [-0.2, 0) is 0 Å². The minimum absolute atomic E-state index is 0.991. The van der Waals surface area contributed by atoms with Gasteiger partial charge in [-0.3, -0.25) is 4.98 Å². The molecule has 0 radical (unpaired) electrons. The van der Waals surface area contributed by atoms with Gasteiger partial charge in [0.05, 0.1) is 5.52 Å². The molecule has 96 valence electrons. The van der Waals surface area contributed by atoms with Gasteiger partial charge in [-0.05, 0) is 24.8 Å². The fraction of sp³-hybridized carbons (Fsp3) is 0.235. The molecule has 1 heterocycles. The molecule has 19 heavy (non-hydrogen) atoms. The van der Waals surface area contributed by atoms with Crippen molar-refractivity contribution in [2.75, 3.05) is 11.9 Å². The number of hydrogen-bond acceptors (Lipinski definition) is 2. The van der Waals surface area contributed by atoms with Crippen molar-refractivity contribution in [2.45, 2.75) is 20.3 Å². The zero-order valence-corrected chi connectivity index (χ0v) is 11.4. The lowest BCUT2D eigenvalue weighted by molar-refractivity contribution is 0.980. The summed E-state index contributed by atoms with van der Waals surface area (Å²) in [6, 6.07) is 14.9. The number of aryl methyl sites for hydroxylation is 1. The highest BCUT2D eigenvalue weighted by Gasteiger charge is 2.06. The van der Waals surface area contributed by atoms with Crippen LogP contribution < -0.4 is 5.32 Å². The number of aromatic nitrogens is 1. The number of nitrogens with zero attached hydrogens (tertiary/aromatic N) is 1. The maximum atomic E-state index is 4.73. The number of rotatable bonds is 3. The van der Waals surface area contributed by atoms with E-state index in [0.717, 1.165) is 24.2 Å². The first-order valence-corrected chi connectivity index (χ1v) is 6.82. The molecule has 0 aliphatic heterocycles. The summed E-state index contributed by atoms with van der Waals surface area (Å²) in [6.45, 7) is 5.22. The van der Waals surface area contributed by atoms with Crippen LogP contribution in [0.25, 0.3) is 21.7 Å². The van der Waals surface area contributed by atoms with Crippen molar-refractivity contribution < 1.29 is 0 Å². The van der Waals surface area contributed by atoms with E-state index < -0.39 is 0 Å². The largest absolute Gasteiger partial charge is 0.384 e. The predicted octanol–water partition coefficient (Wildman–Crippen LogP) is 4.52. The number of anilines is 1. The Balaban J connectivity index is 2.31. The molecular formula is C17H18N2. The summed E-state index contributed by atoms with van der Waals surface area (Å²) in [6.07, 6.45) is 1.12. The van der Waals surface area contributed by atoms with Crippen molar-refractivity contribution in [1.82, 2.24) is 4.98 Å². The smallest absolute Gasteiger partial charge is 0.0804 e. The first kappa shape index (κ1) is 12.0. The van der Waals surface area contributed by atoms with E-state index in [4.69, 9.17) is 4.98 Å². The quantitative estimate of drug-likeness (QED) is 0.691. The number of pyridine rings is 1.